The van der Waals surface area contributed by atoms with Crippen LogP contribution >= 0.6 is 11.8 Å². The first-order valence-electron chi connectivity index (χ1n) is 7.59. The lowest BCUT2D eigenvalue weighted by molar-refractivity contribution is 0.102. The van der Waals surface area contributed by atoms with Crippen LogP contribution in [0.15, 0.2) is 52.1 Å². The summed E-state index contributed by atoms with van der Waals surface area (Å²) in [6.07, 6.45) is 0. The fourth-order valence-electron chi connectivity index (χ4n) is 2.23. The molecule has 0 N–H and O–H groups in total. The number of thioether (sulfide) groups is 1. The molecule has 8 heteroatoms. The van der Waals surface area contributed by atoms with Crippen molar-refractivity contribution in [3.05, 3.63) is 53.8 Å². The van der Waals surface area contributed by atoms with Gasteiger partial charge in [-0.05, 0) is 30.3 Å². The third-order valence-electron chi connectivity index (χ3n) is 3.54. The zero-order valence-corrected chi connectivity index (χ0v) is 14.9. The highest BCUT2D eigenvalue weighted by atomic mass is 32.2. The molecule has 0 spiro atoms. The number of nitrogens with zero attached hydrogens (tertiary/aromatic N) is 2. The van der Waals surface area contributed by atoms with E-state index >= 15 is 0 Å². The number of halogens is 1. The number of Topliss-reactive ketones (excluding diaryl/α,β-unsaturated/α-hetero) is 1. The molecule has 26 heavy (non-hydrogen) atoms. The van der Waals surface area contributed by atoms with E-state index in [-0.39, 0.29) is 28.2 Å². The molecular weight excluding hydrogens is 359 g/mol. The average molecular weight is 374 g/mol. The summed E-state index contributed by atoms with van der Waals surface area (Å²) in [7, 11) is 3.03. The first kappa shape index (κ1) is 17.9. The van der Waals surface area contributed by atoms with Crippen LogP contribution in [0.25, 0.3) is 11.5 Å². The molecule has 0 atom stereocenters. The molecule has 0 aliphatic rings. The third-order valence-corrected chi connectivity index (χ3v) is 4.36. The summed E-state index contributed by atoms with van der Waals surface area (Å²) in [5, 5.41) is 7.86. The molecule has 2 aromatic carbocycles. The molecule has 1 heterocycles. The molecule has 134 valence electrons. The third kappa shape index (κ3) is 3.85. The van der Waals surface area contributed by atoms with Crippen molar-refractivity contribution in [2.75, 3.05) is 20.0 Å². The van der Waals surface area contributed by atoms with Crippen LogP contribution in [-0.4, -0.2) is 36.0 Å². The van der Waals surface area contributed by atoms with Crippen LogP contribution in [0.4, 0.5) is 4.39 Å². The van der Waals surface area contributed by atoms with E-state index in [1.54, 1.807) is 36.4 Å². The number of hydrogen-bond acceptors (Lipinski definition) is 7. The van der Waals surface area contributed by atoms with Crippen molar-refractivity contribution in [1.29, 1.82) is 0 Å². The van der Waals surface area contributed by atoms with Crippen LogP contribution in [-0.2, 0) is 0 Å². The van der Waals surface area contributed by atoms with Gasteiger partial charge in [-0.25, -0.2) is 4.39 Å². The van der Waals surface area contributed by atoms with E-state index in [0.717, 1.165) is 11.8 Å². The molecular formula is C18H15FN2O4S. The number of ketones is 1. The van der Waals surface area contributed by atoms with E-state index < -0.39 is 5.82 Å². The summed E-state index contributed by atoms with van der Waals surface area (Å²) in [5.41, 5.74) is 0.696. The first-order valence-corrected chi connectivity index (χ1v) is 8.57. The van der Waals surface area contributed by atoms with Gasteiger partial charge in [-0.3, -0.25) is 4.79 Å². The maximum absolute atomic E-state index is 13.7. The molecule has 1 aromatic heterocycles. The Morgan fingerprint density at radius 3 is 2.62 bits per heavy atom. The lowest BCUT2D eigenvalue weighted by atomic mass is 10.1. The van der Waals surface area contributed by atoms with Crippen LogP contribution < -0.4 is 9.47 Å². The van der Waals surface area contributed by atoms with Crippen molar-refractivity contribution in [3.8, 4) is 23.0 Å². The molecule has 0 saturated carbocycles. The summed E-state index contributed by atoms with van der Waals surface area (Å²) in [5.74, 6) is 0.597. The summed E-state index contributed by atoms with van der Waals surface area (Å²) in [6, 6.07) is 11.0. The van der Waals surface area contributed by atoms with Gasteiger partial charge in [0.15, 0.2) is 17.3 Å². The fourth-order valence-corrected chi connectivity index (χ4v) is 2.89. The van der Waals surface area contributed by atoms with Gasteiger partial charge in [-0.15, -0.1) is 10.2 Å². The number of ether oxygens (including phenoxy) is 2. The lowest BCUT2D eigenvalue weighted by Gasteiger charge is -2.08. The predicted octanol–water partition coefficient (Wildman–Crippen LogP) is 3.87. The van der Waals surface area contributed by atoms with Crippen molar-refractivity contribution in [2.24, 2.45) is 0 Å². The summed E-state index contributed by atoms with van der Waals surface area (Å²) < 4.78 is 29.5. The molecule has 0 aliphatic carbocycles. The molecule has 0 aliphatic heterocycles. The first-order chi connectivity index (χ1) is 12.6. The molecule has 0 fully saturated rings. The van der Waals surface area contributed by atoms with E-state index in [1.165, 1.54) is 20.3 Å². The highest BCUT2D eigenvalue weighted by Gasteiger charge is 2.16. The van der Waals surface area contributed by atoms with Crippen LogP contribution in [0, 0.1) is 5.82 Å². The Morgan fingerprint density at radius 1 is 1.12 bits per heavy atom. The Bertz CT molecular complexity index is 929. The minimum Gasteiger partial charge on any atom is -0.493 e. The normalized spacial score (nSPS) is 10.6. The van der Waals surface area contributed by atoms with E-state index in [2.05, 4.69) is 10.2 Å². The molecule has 0 radical (unpaired) electrons. The summed E-state index contributed by atoms with van der Waals surface area (Å²) >= 11 is 1.08. The van der Waals surface area contributed by atoms with E-state index in [9.17, 15) is 9.18 Å². The smallest absolute Gasteiger partial charge is 0.277 e. The Balaban J connectivity index is 1.68. The van der Waals surface area contributed by atoms with Gasteiger partial charge >= 0.3 is 0 Å². The van der Waals surface area contributed by atoms with Gasteiger partial charge in [0, 0.05) is 5.56 Å². The largest absolute Gasteiger partial charge is 0.493 e. The van der Waals surface area contributed by atoms with Gasteiger partial charge in [0.2, 0.25) is 0 Å². The Morgan fingerprint density at radius 2 is 1.88 bits per heavy atom. The molecule has 0 amide bonds. The average Bonchev–Trinajstić information content (AvgIpc) is 3.14. The molecule has 0 saturated heterocycles. The topological polar surface area (TPSA) is 74.5 Å². The number of rotatable bonds is 7. The van der Waals surface area contributed by atoms with Crippen LogP contribution in [0.1, 0.15) is 10.4 Å². The van der Waals surface area contributed by atoms with Crippen molar-refractivity contribution in [1.82, 2.24) is 10.2 Å². The molecule has 3 rings (SSSR count). The van der Waals surface area contributed by atoms with Crippen LogP contribution in [0.5, 0.6) is 11.5 Å². The Hall–Kier alpha value is -2.87. The van der Waals surface area contributed by atoms with E-state index in [0.29, 0.717) is 17.1 Å². The Labute approximate surface area is 153 Å². The second-order valence-electron chi connectivity index (χ2n) is 5.13. The zero-order chi connectivity index (χ0) is 18.5. The van der Waals surface area contributed by atoms with E-state index in [1.807, 2.05) is 0 Å². The zero-order valence-electron chi connectivity index (χ0n) is 14.1. The number of aromatic nitrogens is 2. The maximum atomic E-state index is 13.7. The maximum Gasteiger partial charge on any atom is 0.277 e. The highest BCUT2D eigenvalue weighted by Crippen LogP contribution is 2.29. The molecule has 0 unspecified atom stereocenters. The van der Waals surface area contributed by atoms with Crippen LogP contribution in [0.3, 0.4) is 0 Å². The van der Waals surface area contributed by atoms with Gasteiger partial charge in [-0.1, -0.05) is 23.9 Å². The second-order valence-corrected chi connectivity index (χ2v) is 6.06. The number of methoxy groups -OCH3 is 2. The minimum atomic E-state index is -0.450. The van der Waals surface area contributed by atoms with Gasteiger partial charge in [0.1, 0.15) is 5.82 Å². The summed E-state index contributed by atoms with van der Waals surface area (Å²) in [4.78, 5) is 12.3. The van der Waals surface area contributed by atoms with Crippen molar-refractivity contribution < 1.29 is 23.1 Å². The van der Waals surface area contributed by atoms with Gasteiger partial charge in [0.25, 0.3) is 11.1 Å². The van der Waals surface area contributed by atoms with Gasteiger partial charge in [-0.2, -0.15) is 0 Å². The van der Waals surface area contributed by atoms with Gasteiger partial charge in [0.05, 0.1) is 25.5 Å². The van der Waals surface area contributed by atoms with E-state index in [4.69, 9.17) is 13.9 Å². The molecule has 6 nitrogen and oxygen atoms in total. The molecule has 0 bridgehead atoms. The lowest BCUT2D eigenvalue weighted by Crippen LogP contribution is -2.03. The quantitative estimate of drug-likeness (QED) is 0.459. The van der Waals surface area contributed by atoms with Gasteiger partial charge < -0.3 is 13.9 Å². The minimum absolute atomic E-state index is 0.0733. The predicted molar refractivity (Wildman–Crippen MR) is 94.3 cm³/mol. The number of hydrogen-bond donors (Lipinski definition) is 0. The number of benzene rings is 2. The standard InChI is InChI=1S/C18H15FN2O4S/c1-23-15-8-7-11(9-16(15)24-2)14(22)10-26-18-21-20-17(25-18)12-5-3-4-6-13(12)19/h3-9H,10H2,1-2H3. The second kappa shape index (κ2) is 8.01. The Kier molecular flexibility index (Phi) is 5.52. The van der Waals surface area contributed by atoms with Crippen molar-refractivity contribution in [2.45, 2.75) is 5.22 Å². The number of carbonyl (C=O) groups excluding carboxylic acids is 1. The monoisotopic (exact) mass is 374 g/mol. The fraction of sp³-hybridized carbons (Fsp3) is 0.167. The molecule has 3 aromatic rings. The highest BCUT2D eigenvalue weighted by molar-refractivity contribution is 7.99. The number of carbonyl (C=O) groups is 1. The van der Waals surface area contributed by atoms with Crippen molar-refractivity contribution >= 4 is 17.5 Å². The SMILES string of the molecule is COc1ccc(C(=O)CSc2nnc(-c3ccccc3F)o2)cc1OC. The van der Waals surface area contributed by atoms with Crippen molar-refractivity contribution in [3.63, 3.8) is 0 Å². The van der Waals surface area contributed by atoms with Crippen LogP contribution in [0.2, 0.25) is 0 Å². The summed E-state index contributed by atoms with van der Waals surface area (Å²) in [6.45, 7) is 0.